The predicted octanol–water partition coefficient (Wildman–Crippen LogP) is 2.11. The van der Waals surface area contributed by atoms with Gasteiger partial charge in [-0.05, 0) is 34.4 Å². The number of fused-ring (bicyclic) bond motifs is 1. The van der Waals surface area contributed by atoms with Crippen LogP contribution in [0.15, 0.2) is 42.5 Å². The van der Waals surface area contributed by atoms with Crippen LogP contribution < -0.4 is 11.1 Å². The molecule has 1 aliphatic heterocycles. The highest BCUT2D eigenvalue weighted by Gasteiger charge is 2.14. The van der Waals surface area contributed by atoms with Gasteiger partial charge in [-0.1, -0.05) is 30.3 Å². The Hall–Kier alpha value is -2.17. The quantitative estimate of drug-likeness (QED) is 0.902. The van der Waals surface area contributed by atoms with Gasteiger partial charge in [0.05, 0.1) is 13.2 Å². The van der Waals surface area contributed by atoms with Crippen LogP contribution >= 0.6 is 0 Å². The van der Waals surface area contributed by atoms with E-state index in [0.29, 0.717) is 31.9 Å². The van der Waals surface area contributed by atoms with Gasteiger partial charge in [-0.2, -0.15) is 0 Å². The van der Waals surface area contributed by atoms with Gasteiger partial charge in [0.15, 0.2) is 0 Å². The third kappa shape index (κ3) is 3.12. The number of rotatable bonds is 4. The minimum Gasteiger partial charge on any atom is -0.372 e. The lowest BCUT2D eigenvalue weighted by Crippen LogP contribution is -2.22. The summed E-state index contributed by atoms with van der Waals surface area (Å²) >= 11 is 0. The summed E-state index contributed by atoms with van der Waals surface area (Å²) in [6.45, 7) is 2.28. The van der Waals surface area contributed by atoms with Crippen LogP contribution in [-0.2, 0) is 31.0 Å². The van der Waals surface area contributed by atoms with Crippen LogP contribution in [0.1, 0.15) is 32.6 Å². The summed E-state index contributed by atoms with van der Waals surface area (Å²) in [5.74, 6) is -0.0624. The van der Waals surface area contributed by atoms with E-state index in [9.17, 15) is 4.79 Å². The Balaban J connectivity index is 1.63. The second-order valence-electron chi connectivity index (χ2n) is 5.18. The van der Waals surface area contributed by atoms with Crippen molar-refractivity contribution in [1.82, 2.24) is 5.32 Å². The summed E-state index contributed by atoms with van der Waals surface area (Å²) < 4.78 is 5.36. The van der Waals surface area contributed by atoms with Gasteiger partial charge in [-0.3, -0.25) is 4.79 Å². The highest BCUT2D eigenvalue weighted by molar-refractivity contribution is 5.94. The molecule has 1 aliphatic rings. The minimum absolute atomic E-state index is 0.0624. The minimum atomic E-state index is -0.0624. The molecule has 1 amide bonds. The second kappa shape index (κ2) is 6.08. The number of benzene rings is 2. The smallest absolute Gasteiger partial charge is 0.251 e. The highest BCUT2D eigenvalue weighted by atomic mass is 16.5. The van der Waals surface area contributed by atoms with E-state index in [2.05, 4.69) is 5.32 Å². The molecule has 21 heavy (non-hydrogen) atoms. The number of nitrogens with two attached hydrogens (primary N) is 1. The van der Waals surface area contributed by atoms with Crippen LogP contribution in [0.3, 0.4) is 0 Å². The van der Waals surface area contributed by atoms with Gasteiger partial charge in [0, 0.05) is 18.7 Å². The summed E-state index contributed by atoms with van der Waals surface area (Å²) in [7, 11) is 0. The molecule has 0 unspecified atom stereocenters. The Kier molecular flexibility index (Phi) is 3.99. The van der Waals surface area contributed by atoms with E-state index in [0.717, 1.165) is 16.7 Å². The van der Waals surface area contributed by atoms with E-state index in [4.69, 9.17) is 10.5 Å². The first kappa shape index (κ1) is 13.8. The molecule has 4 nitrogen and oxygen atoms in total. The summed E-state index contributed by atoms with van der Waals surface area (Å²) in [5.41, 5.74) is 10.7. The van der Waals surface area contributed by atoms with Crippen molar-refractivity contribution in [3.63, 3.8) is 0 Å². The van der Waals surface area contributed by atoms with Crippen LogP contribution in [-0.4, -0.2) is 5.91 Å². The van der Waals surface area contributed by atoms with E-state index in [-0.39, 0.29) is 5.91 Å². The summed E-state index contributed by atoms with van der Waals surface area (Å²) in [4.78, 5) is 12.2. The van der Waals surface area contributed by atoms with Gasteiger partial charge in [-0.15, -0.1) is 0 Å². The summed E-state index contributed by atoms with van der Waals surface area (Å²) in [6.07, 6.45) is 0. The maximum atomic E-state index is 12.2. The molecule has 2 aromatic carbocycles. The SMILES string of the molecule is NCc1ccc(CNC(=O)c2ccc3c(c2)COC3)cc1. The topological polar surface area (TPSA) is 64.3 Å². The highest BCUT2D eigenvalue weighted by Crippen LogP contribution is 2.20. The van der Waals surface area contributed by atoms with Crippen molar-refractivity contribution < 1.29 is 9.53 Å². The summed E-state index contributed by atoms with van der Waals surface area (Å²) in [5, 5.41) is 2.93. The predicted molar refractivity (Wildman–Crippen MR) is 80.4 cm³/mol. The number of amides is 1. The fourth-order valence-corrected chi connectivity index (χ4v) is 2.39. The van der Waals surface area contributed by atoms with Crippen molar-refractivity contribution in [2.75, 3.05) is 0 Å². The third-order valence-electron chi connectivity index (χ3n) is 3.70. The number of carbonyl (C=O) groups excluding carboxylic acids is 1. The molecule has 0 aliphatic carbocycles. The van der Waals surface area contributed by atoms with E-state index in [1.807, 2.05) is 42.5 Å². The molecule has 3 N–H and O–H groups in total. The van der Waals surface area contributed by atoms with Crippen molar-refractivity contribution >= 4 is 5.91 Å². The molecular formula is C17H18N2O2. The number of carbonyl (C=O) groups is 1. The molecule has 1 heterocycles. The second-order valence-corrected chi connectivity index (χ2v) is 5.18. The van der Waals surface area contributed by atoms with Crippen molar-refractivity contribution in [1.29, 1.82) is 0 Å². The standard InChI is InChI=1S/C17H18N2O2/c18-8-12-1-3-13(4-2-12)9-19-17(20)14-5-6-15-10-21-11-16(15)7-14/h1-7H,8-11,18H2,(H,19,20). The third-order valence-corrected chi connectivity index (χ3v) is 3.70. The zero-order valence-electron chi connectivity index (χ0n) is 11.8. The molecule has 3 rings (SSSR count). The van der Waals surface area contributed by atoms with Crippen molar-refractivity contribution in [2.24, 2.45) is 5.73 Å². The van der Waals surface area contributed by atoms with Gasteiger partial charge < -0.3 is 15.8 Å². The van der Waals surface area contributed by atoms with Gasteiger partial charge in [0.25, 0.3) is 5.91 Å². The molecular weight excluding hydrogens is 264 g/mol. The van der Waals surface area contributed by atoms with E-state index >= 15 is 0 Å². The fraction of sp³-hybridized carbons (Fsp3) is 0.235. The van der Waals surface area contributed by atoms with Gasteiger partial charge in [0.2, 0.25) is 0 Å². The zero-order chi connectivity index (χ0) is 14.7. The molecule has 108 valence electrons. The molecule has 0 bridgehead atoms. The van der Waals surface area contributed by atoms with Gasteiger partial charge in [-0.25, -0.2) is 0 Å². The first-order valence-corrected chi connectivity index (χ1v) is 7.02. The first-order valence-electron chi connectivity index (χ1n) is 7.02. The molecule has 2 aromatic rings. The number of hydrogen-bond acceptors (Lipinski definition) is 3. The van der Waals surface area contributed by atoms with Crippen molar-refractivity contribution in [3.8, 4) is 0 Å². The first-order chi connectivity index (χ1) is 10.3. The maximum absolute atomic E-state index is 12.2. The molecule has 0 atom stereocenters. The largest absolute Gasteiger partial charge is 0.372 e. The fourth-order valence-electron chi connectivity index (χ4n) is 2.39. The Morgan fingerprint density at radius 2 is 1.76 bits per heavy atom. The van der Waals surface area contributed by atoms with Crippen LogP contribution in [0.25, 0.3) is 0 Å². The normalized spacial score (nSPS) is 13.0. The molecule has 0 fully saturated rings. The number of hydrogen-bond donors (Lipinski definition) is 2. The average Bonchev–Trinajstić information content (AvgIpc) is 3.00. The van der Waals surface area contributed by atoms with Crippen molar-refractivity contribution in [2.45, 2.75) is 26.3 Å². The molecule has 0 saturated carbocycles. The van der Waals surface area contributed by atoms with Crippen LogP contribution in [0.2, 0.25) is 0 Å². The summed E-state index contributed by atoms with van der Waals surface area (Å²) in [6, 6.07) is 13.7. The van der Waals surface area contributed by atoms with Gasteiger partial charge >= 0.3 is 0 Å². The van der Waals surface area contributed by atoms with E-state index < -0.39 is 0 Å². The maximum Gasteiger partial charge on any atom is 0.251 e. The lowest BCUT2D eigenvalue weighted by molar-refractivity contribution is 0.0950. The number of nitrogens with one attached hydrogen (secondary N) is 1. The molecule has 0 radical (unpaired) electrons. The van der Waals surface area contributed by atoms with Crippen LogP contribution in [0.5, 0.6) is 0 Å². The average molecular weight is 282 g/mol. The molecule has 4 heteroatoms. The van der Waals surface area contributed by atoms with Crippen LogP contribution in [0, 0.1) is 0 Å². The molecule has 0 aromatic heterocycles. The molecule has 0 spiro atoms. The van der Waals surface area contributed by atoms with E-state index in [1.54, 1.807) is 0 Å². The Morgan fingerprint density at radius 3 is 2.52 bits per heavy atom. The van der Waals surface area contributed by atoms with E-state index in [1.165, 1.54) is 5.56 Å². The van der Waals surface area contributed by atoms with Crippen LogP contribution in [0.4, 0.5) is 0 Å². The molecule has 0 saturated heterocycles. The zero-order valence-corrected chi connectivity index (χ0v) is 11.8. The Labute approximate surface area is 123 Å². The van der Waals surface area contributed by atoms with Gasteiger partial charge in [0.1, 0.15) is 0 Å². The lowest BCUT2D eigenvalue weighted by atomic mass is 10.1. The Bertz CT molecular complexity index is 650. The Morgan fingerprint density at radius 1 is 1.05 bits per heavy atom. The monoisotopic (exact) mass is 282 g/mol. The lowest BCUT2D eigenvalue weighted by Gasteiger charge is -2.07. The van der Waals surface area contributed by atoms with Crippen molar-refractivity contribution in [3.05, 3.63) is 70.3 Å². The number of ether oxygens (including phenoxy) is 1.